The predicted molar refractivity (Wildman–Crippen MR) is 151 cm³/mol. The zero-order valence-corrected chi connectivity index (χ0v) is 23.8. The molecule has 0 radical (unpaired) electrons. The first-order valence-corrected chi connectivity index (χ1v) is 14.1. The van der Waals surface area contributed by atoms with Crippen molar-refractivity contribution in [3.05, 3.63) is 83.4 Å². The molecule has 0 saturated carbocycles. The van der Waals surface area contributed by atoms with Crippen molar-refractivity contribution in [2.45, 2.75) is 31.3 Å². The fraction of sp³-hybridized carbons (Fsp3) is 0.286. The number of likely N-dealkylation sites (N-methyl/N-ethyl adjacent to an activating group) is 1. The molecule has 0 spiro atoms. The van der Waals surface area contributed by atoms with E-state index < -0.39 is 28.5 Å². The van der Waals surface area contributed by atoms with Gasteiger partial charge in [-0.3, -0.25) is 13.9 Å². The highest BCUT2D eigenvalue weighted by molar-refractivity contribution is 7.92. The van der Waals surface area contributed by atoms with E-state index in [-0.39, 0.29) is 23.0 Å². The SMILES string of the molecule is CCNC(=O)[C@H](C)N(Cc1cccc(Cl)c1)C(=O)CN(c1ccc(OC)c(OC)c1)S(=O)(=O)c1ccccc1. The quantitative estimate of drug-likeness (QED) is 0.350. The van der Waals surface area contributed by atoms with Crippen molar-refractivity contribution < 1.29 is 27.5 Å². The molecule has 0 bridgehead atoms. The molecular formula is C28H32ClN3O6S. The zero-order valence-electron chi connectivity index (χ0n) is 22.3. The van der Waals surface area contributed by atoms with Crippen molar-refractivity contribution in [1.29, 1.82) is 0 Å². The van der Waals surface area contributed by atoms with Gasteiger partial charge in [-0.2, -0.15) is 0 Å². The fourth-order valence-corrected chi connectivity index (χ4v) is 5.60. The van der Waals surface area contributed by atoms with Crippen LogP contribution in [0, 0.1) is 0 Å². The largest absolute Gasteiger partial charge is 0.493 e. The van der Waals surface area contributed by atoms with Crippen LogP contribution in [0.3, 0.4) is 0 Å². The molecule has 11 heteroatoms. The first-order chi connectivity index (χ1) is 18.6. The zero-order chi connectivity index (χ0) is 28.6. The molecule has 3 aromatic carbocycles. The Morgan fingerprint density at radius 2 is 1.64 bits per heavy atom. The number of amides is 2. The van der Waals surface area contributed by atoms with E-state index in [0.717, 1.165) is 4.31 Å². The summed E-state index contributed by atoms with van der Waals surface area (Å²) in [6, 6.07) is 18.4. The molecule has 0 aliphatic carbocycles. The molecule has 9 nitrogen and oxygen atoms in total. The van der Waals surface area contributed by atoms with Gasteiger partial charge in [0.1, 0.15) is 12.6 Å². The van der Waals surface area contributed by atoms with Gasteiger partial charge in [0.15, 0.2) is 11.5 Å². The Morgan fingerprint density at radius 3 is 2.26 bits per heavy atom. The van der Waals surface area contributed by atoms with Crippen LogP contribution in [0.1, 0.15) is 19.4 Å². The summed E-state index contributed by atoms with van der Waals surface area (Å²) in [5.41, 5.74) is 0.883. The monoisotopic (exact) mass is 573 g/mol. The second kappa shape index (κ2) is 13.3. The lowest BCUT2D eigenvalue weighted by Crippen LogP contribution is -2.51. The Hall–Kier alpha value is -3.76. The van der Waals surface area contributed by atoms with Crippen LogP contribution in [-0.4, -0.2) is 58.5 Å². The number of carbonyl (C=O) groups is 2. The Labute approximate surface area is 234 Å². The van der Waals surface area contributed by atoms with Crippen LogP contribution in [-0.2, 0) is 26.2 Å². The van der Waals surface area contributed by atoms with Crippen LogP contribution < -0.4 is 19.1 Å². The third-order valence-corrected chi connectivity index (χ3v) is 8.05. The molecule has 3 aromatic rings. The van der Waals surface area contributed by atoms with Gasteiger partial charge in [-0.1, -0.05) is 41.9 Å². The molecule has 0 aromatic heterocycles. The average Bonchev–Trinajstić information content (AvgIpc) is 2.94. The molecule has 2 amide bonds. The third-order valence-electron chi connectivity index (χ3n) is 6.03. The maximum atomic E-state index is 13.9. The van der Waals surface area contributed by atoms with Gasteiger partial charge >= 0.3 is 0 Å². The minimum absolute atomic E-state index is 0.00532. The van der Waals surface area contributed by atoms with Gasteiger partial charge < -0.3 is 19.7 Å². The van der Waals surface area contributed by atoms with Gasteiger partial charge in [-0.15, -0.1) is 0 Å². The van der Waals surface area contributed by atoms with Crippen molar-refractivity contribution in [1.82, 2.24) is 10.2 Å². The molecule has 0 fully saturated rings. The normalized spacial score (nSPS) is 11.8. The summed E-state index contributed by atoms with van der Waals surface area (Å²) in [5.74, 6) is -0.251. The number of ether oxygens (including phenoxy) is 2. The first-order valence-electron chi connectivity index (χ1n) is 12.2. The predicted octanol–water partition coefficient (Wildman–Crippen LogP) is 4.11. The Bertz CT molecular complexity index is 1400. The first kappa shape index (κ1) is 29.8. The van der Waals surface area contributed by atoms with Crippen LogP contribution in [0.2, 0.25) is 5.02 Å². The summed E-state index contributed by atoms with van der Waals surface area (Å²) >= 11 is 6.15. The molecule has 0 saturated heterocycles. The second-order valence-electron chi connectivity index (χ2n) is 8.59. The number of nitrogens with one attached hydrogen (secondary N) is 1. The van der Waals surface area contributed by atoms with Crippen molar-refractivity contribution in [2.24, 2.45) is 0 Å². The van der Waals surface area contributed by atoms with Gasteiger partial charge in [0.25, 0.3) is 10.0 Å². The van der Waals surface area contributed by atoms with E-state index in [1.54, 1.807) is 62.4 Å². The highest BCUT2D eigenvalue weighted by Gasteiger charge is 2.32. The molecule has 0 heterocycles. The standard InChI is InChI=1S/C28H32ClN3O6S/c1-5-30-28(34)20(2)31(18-21-10-9-11-22(29)16-21)27(33)19-32(39(35,36)24-12-7-6-8-13-24)23-14-15-25(37-3)26(17-23)38-4/h6-17,20H,5,18-19H2,1-4H3,(H,30,34)/t20-/m0/s1. The number of nitrogens with zero attached hydrogens (tertiary/aromatic N) is 2. The Kier molecular flexibility index (Phi) is 10.2. The molecule has 3 rings (SSSR count). The number of anilines is 1. The van der Waals surface area contributed by atoms with Crippen LogP contribution in [0.15, 0.2) is 77.7 Å². The number of hydrogen-bond donors (Lipinski definition) is 1. The number of benzene rings is 3. The van der Waals surface area contributed by atoms with Gasteiger partial charge in [-0.05, 0) is 55.8 Å². The van der Waals surface area contributed by atoms with E-state index >= 15 is 0 Å². The maximum Gasteiger partial charge on any atom is 0.264 e. The second-order valence-corrected chi connectivity index (χ2v) is 10.9. The summed E-state index contributed by atoms with van der Waals surface area (Å²) in [7, 11) is -1.29. The van der Waals surface area contributed by atoms with E-state index in [1.807, 2.05) is 0 Å². The summed E-state index contributed by atoms with van der Waals surface area (Å²) in [6.45, 7) is 3.22. The molecule has 0 aliphatic heterocycles. The lowest BCUT2D eigenvalue weighted by Gasteiger charge is -2.32. The van der Waals surface area contributed by atoms with Crippen molar-refractivity contribution >= 4 is 39.1 Å². The lowest BCUT2D eigenvalue weighted by molar-refractivity contribution is -0.139. The summed E-state index contributed by atoms with van der Waals surface area (Å²) in [6.07, 6.45) is 0. The highest BCUT2D eigenvalue weighted by Crippen LogP contribution is 2.34. The number of halogens is 1. The number of methoxy groups -OCH3 is 2. The molecule has 0 aliphatic rings. The van der Waals surface area contributed by atoms with Gasteiger partial charge in [0.05, 0.1) is 24.8 Å². The lowest BCUT2D eigenvalue weighted by atomic mass is 10.1. The number of carbonyl (C=O) groups excluding carboxylic acids is 2. The van der Waals surface area contributed by atoms with Crippen LogP contribution in [0.4, 0.5) is 5.69 Å². The summed E-state index contributed by atoms with van der Waals surface area (Å²) < 4.78 is 39.4. The van der Waals surface area contributed by atoms with Crippen molar-refractivity contribution in [3.8, 4) is 11.5 Å². The van der Waals surface area contributed by atoms with Gasteiger partial charge in [-0.25, -0.2) is 8.42 Å². The minimum atomic E-state index is -4.20. The van der Waals surface area contributed by atoms with Crippen LogP contribution in [0.25, 0.3) is 0 Å². The van der Waals surface area contributed by atoms with Crippen LogP contribution >= 0.6 is 11.6 Å². The van der Waals surface area contributed by atoms with Crippen LogP contribution in [0.5, 0.6) is 11.5 Å². The maximum absolute atomic E-state index is 13.9. The molecule has 39 heavy (non-hydrogen) atoms. The Balaban J connectivity index is 2.08. The number of hydrogen-bond acceptors (Lipinski definition) is 6. The van der Waals surface area contributed by atoms with E-state index in [4.69, 9.17) is 21.1 Å². The molecule has 208 valence electrons. The third kappa shape index (κ3) is 7.21. The molecular weight excluding hydrogens is 542 g/mol. The molecule has 1 N–H and O–H groups in total. The van der Waals surface area contributed by atoms with Gasteiger partial charge in [0.2, 0.25) is 11.8 Å². The van der Waals surface area contributed by atoms with E-state index in [9.17, 15) is 18.0 Å². The van der Waals surface area contributed by atoms with Crippen molar-refractivity contribution in [3.63, 3.8) is 0 Å². The van der Waals surface area contributed by atoms with E-state index in [1.165, 1.54) is 43.4 Å². The molecule has 1 atom stereocenters. The Morgan fingerprint density at radius 1 is 0.949 bits per heavy atom. The number of sulfonamides is 1. The van der Waals surface area contributed by atoms with Crippen molar-refractivity contribution in [2.75, 3.05) is 31.6 Å². The number of rotatable bonds is 12. The fourth-order valence-electron chi connectivity index (χ4n) is 3.97. The topological polar surface area (TPSA) is 105 Å². The summed E-state index contributed by atoms with van der Waals surface area (Å²) in [4.78, 5) is 28.0. The van der Waals surface area contributed by atoms with E-state index in [0.29, 0.717) is 28.6 Å². The summed E-state index contributed by atoms with van der Waals surface area (Å²) in [5, 5.41) is 3.20. The minimum Gasteiger partial charge on any atom is -0.493 e. The highest BCUT2D eigenvalue weighted by atomic mass is 35.5. The van der Waals surface area contributed by atoms with Gasteiger partial charge in [0, 0.05) is 24.2 Å². The van der Waals surface area contributed by atoms with E-state index in [2.05, 4.69) is 5.32 Å². The molecule has 0 unspecified atom stereocenters. The smallest absolute Gasteiger partial charge is 0.264 e. The average molecular weight is 574 g/mol.